The Balaban J connectivity index is 2.20. The quantitative estimate of drug-likeness (QED) is 0.689. The molecule has 0 radical (unpaired) electrons. The van der Waals surface area contributed by atoms with E-state index in [1.54, 1.807) is 0 Å². The van der Waals surface area contributed by atoms with Crippen LogP contribution in [-0.4, -0.2) is 0 Å². The van der Waals surface area contributed by atoms with Crippen LogP contribution >= 0.6 is 18.5 Å². The van der Waals surface area contributed by atoms with E-state index in [0.717, 1.165) is 11.4 Å². The first-order valence-electron chi connectivity index (χ1n) is 4.77. The minimum Gasteiger partial charge on any atom is -0.354 e. The summed E-state index contributed by atoms with van der Waals surface area (Å²) >= 11 is 6.50. The van der Waals surface area contributed by atoms with Gasteiger partial charge in [-0.1, -0.05) is 47.6 Å². The molecular weight excluding hydrogens is 225 g/mol. The zero-order chi connectivity index (χ0) is 10.3. The van der Waals surface area contributed by atoms with Gasteiger partial charge in [-0.15, -0.1) is 0 Å². The number of para-hydroxylation sites is 2. The van der Waals surface area contributed by atoms with Gasteiger partial charge in [0, 0.05) is 22.0 Å². The van der Waals surface area contributed by atoms with Crippen molar-refractivity contribution in [2.45, 2.75) is 0 Å². The van der Waals surface area contributed by atoms with E-state index in [0.29, 0.717) is 0 Å². The molecule has 0 saturated heterocycles. The number of fused-ring (bicyclic) bond motifs is 2. The average Bonchev–Trinajstić information content (AvgIpc) is 2.30. The fourth-order valence-corrected chi connectivity index (χ4v) is 4.04. The second-order valence-corrected chi connectivity index (χ2v) is 5.98. The smallest absolute Gasteiger partial charge is 0.0566 e. The topological polar surface area (TPSA) is 12.0 Å². The molecule has 0 unspecified atom stereocenters. The van der Waals surface area contributed by atoms with Crippen molar-refractivity contribution in [2.24, 2.45) is 0 Å². The molecule has 0 aliphatic carbocycles. The first-order chi connectivity index (χ1) is 7.36. The fourth-order valence-electron chi connectivity index (χ4n) is 1.78. The summed E-state index contributed by atoms with van der Waals surface area (Å²) in [5, 5.41) is 5.83. The highest BCUT2D eigenvalue weighted by Gasteiger charge is 2.22. The zero-order valence-corrected chi connectivity index (χ0v) is 9.59. The maximum atomic E-state index is 6.50. The van der Waals surface area contributed by atoms with Crippen LogP contribution in [0.3, 0.4) is 0 Å². The number of anilines is 2. The van der Waals surface area contributed by atoms with E-state index in [9.17, 15) is 0 Å². The second-order valence-electron chi connectivity index (χ2n) is 3.44. The summed E-state index contributed by atoms with van der Waals surface area (Å²) in [6.07, 6.45) is 0. The molecule has 0 aromatic heterocycles. The molecule has 0 amide bonds. The van der Waals surface area contributed by atoms with E-state index in [4.69, 9.17) is 11.2 Å². The number of halogens is 1. The van der Waals surface area contributed by atoms with Gasteiger partial charge in [0.2, 0.25) is 0 Å². The van der Waals surface area contributed by atoms with E-state index < -0.39 is 7.27 Å². The van der Waals surface area contributed by atoms with Crippen LogP contribution in [-0.2, 0) is 0 Å². The van der Waals surface area contributed by atoms with Gasteiger partial charge in [0.25, 0.3) is 0 Å². The van der Waals surface area contributed by atoms with Crippen LogP contribution < -0.4 is 15.9 Å². The van der Waals surface area contributed by atoms with Crippen molar-refractivity contribution in [1.82, 2.24) is 0 Å². The molecule has 1 heterocycles. The molecule has 2 aromatic carbocycles. The van der Waals surface area contributed by atoms with Crippen LogP contribution in [0.4, 0.5) is 11.4 Å². The van der Waals surface area contributed by atoms with Crippen LogP contribution in [0, 0.1) is 0 Å². The molecule has 1 nitrogen and oxygen atoms in total. The molecule has 15 heavy (non-hydrogen) atoms. The van der Waals surface area contributed by atoms with E-state index in [1.807, 2.05) is 24.3 Å². The molecule has 0 atom stereocenters. The van der Waals surface area contributed by atoms with Crippen LogP contribution in [0.25, 0.3) is 0 Å². The molecule has 0 bridgehead atoms. The minimum absolute atomic E-state index is 0.714. The average molecular weight is 234 g/mol. The predicted molar refractivity (Wildman–Crippen MR) is 68.2 cm³/mol. The summed E-state index contributed by atoms with van der Waals surface area (Å²) in [6, 6.07) is 16.5. The Hall–Kier alpha value is -1.04. The molecule has 0 fully saturated rings. The number of hydrogen-bond acceptors (Lipinski definition) is 1. The Kier molecular flexibility index (Phi) is 2.16. The zero-order valence-electron chi connectivity index (χ0n) is 7.94. The fraction of sp³-hybridized carbons (Fsp3) is 0. The summed E-state index contributed by atoms with van der Waals surface area (Å²) < 4.78 is 0. The first-order valence-corrected chi connectivity index (χ1v) is 7.02. The lowest BCUT2D eigenvalue weighted by Crippen LogP contribution is -2.21. The van der Waals surface area contributed by atoms with Gasteiger partial charge in [-0.25, -0.2) is 0 Å². The Bertz CT molecular complexity index is 467. The maximum absolute atomic E-state index is 6.50. The van der Waals surface area contributed by atoms with Crippen molar-refractivity contribution < 1.29 is 0 Å². The Labute approximate surface area is 94.6 Å². The van der Waals surface area contributed by atoms with Gasteiger partial charge in [0.1, 0.15) is 0 Å². The van der Waals surface area contributed by atoms with Gasteiger partial charge in [-0.05, 0) is 12.1 Å². The highest BCUT2D eigenvalue weighted by Crippen LogP contribution is 2.46. The summed E-state index contributed by atoms with van der Waals surface area (Å²) in [5.74, 6) is 0. The number of hydrogen-bond donors (Lipinski definition) is 1. The highest BCUT2D eigenvalue weighted by atomic mass is 35.7. The molecule has 3 heteroatoms. The van der Waals surface area contributed by atoms with E-state index in [1.165, 1.54) is 10.6 Å². The summed E-state index contributed by atoms with van der Waals surface area (Å²) in [6.45, 7) is 0. The number of benzene rings is 2. The van der Waals surface area contributed by atoms with Crippen LogP contribution in [0.5, 0.6) is 0 Å². The van der Waals surface area contributed by atoms with Crippen LogP contribution in [0.2, 0.25) is 0 Å². The van der Waals surface area contributed by atoms with Crippen molar-refractivity contribution in [2.75, 3.05) is 5.32 Å². The highest BCUT2D eigenvalue weighted by molar-refractivity contribution is 7.96. The van der Waals surface area contributed by atoms with Crippen molar-refractivity contribution in [1.29, 1.82) is 0 Å². The second kappa shape index (κ2) is 3.52. The molecule has 0 spiro atoms. The predicted octanol–water partition coefficient (Wildman–Crippen LogP) is 3.33. The minimum atomic E-state index is -0.714. The third kappa shape index (κ3) is 1.43. The SMILES string of the molecule is ClP1c2ccccc2Nc2ccccc21. The van der Waals surface area contributed by atoms with Gasteiger partial charge >= 0.3 is 0 Å². The van der Waals surface area contributed by atoms with E-state index >= 15 is 0 Å². The first kappa shape index (κ1) is 9.21. The van der Waals surface area contributed by atoms with Crippen LogP contribution in [0.15, 0.2) is 48.5 Å². The maximum Gasteiger partial charge on any atom is 0.0566 e. The Morgan fingerprint density at radius 2 is 1.27 bits per heavy atom. The molecule has 1 aliphatic heterocycles. The van der Waals surface area contributed by atoms with E-state index in [2.05, 4.69) is 29.6 Å². The molecule has 3 rings (SSSR count). The van der Waals surface area contributed by atoms with Gasteiger partial charge in [0.05, 0.1) is 7.27 Å². The van der Waals surface area contributed by atoms with Gasteiger partial charge < -0.3 is 5.32 Å². The Morgan fingerprint density at radius 3 is 1.80 bits per heavy atom. The largest absolute Gasteiger partial charge is 0.354 e. The lowest BCUT2D eigenvalue weighted by molar-refractivity contribution is 1.58. The summed E-state index contributed by atoms with van der Waals surface area (Å²) in [7, 11) is -0.714. The van der Waals surface area contributed by atoms with E-state index in [-0.39, 0.29) is 0 Å². The van der Waals surface area contributed by atoms with Crippen LogP contribution in [0.1, 0.15) is 0 Å². The molecule has 74 valence electrons. The molecule has 1 aliphatic rings. The number of rotatable bonds is 0. The molecule has 2 aromatic rings. The lowest BCUT2D eigenvalue weighted by atomic mass is 10.2. The normalized spacial score (nSPS) is 13.9. The molecule has 0 saturated carbocycles. The monoisotopic (exact) mass is 233 g/mol. The Morgan fingerprint density at radius 1 is 0.800 bits per heavy atom. The standard InChI is InChI=1S/C12H9ClNP/c13-15-11-7-3-1-5-9(11)14-10-6-2-4-8-12(10)15/h1-8,14H. The molecular formula is C12H9ClNP. The third-order valence-corrected chi connectivity index (χ3v) is 5.22. The van der Waals surface area contributed by atoms with Crippen molar-refractivity contribution in [3.8, 4) is 0 Å². The molecule has 1 N–H and O–H groups in total. The summed E-state index contributed by atoms with van der Waals surface area (Å²) in [4.78, 5) is 0. The van der Waals surface area contributed by atoms with Crippen molar-refractivity contribution in [3.05, 3.63) is 48.5 Å². The number of nitrogens with one attached hydrogen (secondary N) is 1. The van der Waals surface area contributed by atoms with Gasteiger partial charge in [-0.2, -0.15) is 0 Å². The van der Waals surface area contributed by atoms with Crippen molar-refractivity contribution >= 4 is 40.5 Å². The lowest BCUT2D eigenvalue weighted by Gasteiger charge is -2.24. The van der Waals surface area contributed by atoms with Gasteiger partial charge in [-0.3, -0.25) is 0 Å². The third-order valence-electron chi connectivity index (χ3n) is 2.50. The van der Waals surface area contributed by atoms with Gasteiger partial charge in [0.15, 0.2) is 0 Å². The summed E-state index contributed by atoms with van der Waals surface area (Å²) in [5.41, 5.74) is 2.27. The van der Waals surface area contributed by atoms with Crippen molar-refractivity contribution in [3.63, 3.8) is 0 Å².